The molecule has 5 nitrogen and oxygen atoms in total. The minimum atomic E-state index is -1.17. The molecule has 126 valence electrons. The molecular formula is C18H17BrO5. The Kier molecular flexibility index (Phi) is 5.98. The van der Waals surface area contributed by atoms with Gasteiger partial charge in [-0.25, -0.2) is 9.59 Å². The van der Waals surface area contributed by atoms with Gasteiger partial charge in [-0.15, -0.1) is 0 Å². The monoisotopic (exact) mass is 392 g/mol. The normalized spacial score (nSPS) is 11.6. The second-order valence-electron chi connectivity index (χ2n) is 5.15. The highest BCUT2D eigenvalue weighted by Gasteiger charge is 2.24. The first-order valence-electron chi connectivity index (χ1n) is 7.39. The fraction of sp³-hybridized carbons (Fsp3) is 0.222. The fourth-order valence-corrected chi connectivity index (χ4v) is 2.43. The number of para-hydroxylation sites is 1. The number of carbonyl (C=O) groups is 2. The number of esters is 1. The van der Waals surface area contributed by atoms with Crippen LogP contribution < -0.4 is 9.47 Å². The molecule has 2 aromatic rings. The van der Waals surface area contributed by atoms with Gasteiger partial charge in [0.25, 0.3) is 0 Å². The molecule has 2 rings (SSSR count). The fourth-order valence-electron chi connectivity index (χ4n) is 2.07. The van der Waals surface area contributed by atoms with Crippen molar-refractivity contribution in [3.05, 3.63) is 58.1 Å². The molecule has 0 heterocycles. The predicted molar refractivity (Wildman–Crippen MR) is 92.6 cm³/mol. The molecule has 0 bridgehead atoms. The van der Waals surface area contributed by atoms with Gasteiger partial charge in [0.05, 0.1) is 0 Å². The molecule has 1 unspecified atom stereocenters. The Bertz CT molecular complexity index is 757. The van der Waals surface area contributed by atoms with Gasteiger partial charge in [-0.05, 0) is 43.2 Å². The maximum atomic E-state index is 12.4. The average Bonchev–Trinajstić information content (AvgIpc) is 2.55. The minimum Gasteiger partial charge on any atom is -0.478 e. The third-order valence-corrected chi connectivity index (χ3v) is 3.87. The summed E-state index contributed by atoms with van der Waals surface area (Å²) >= 11 is 3.20. The molecule has 1 N–H and O–H groups in total. The van der Waals surface area contributed by atoms with Crippen LogP contribution in [0.5, 0.6) is 11.5 Å². The Morgan fingerprint density at radius 2 is 1.88 bits per heavy atom. The first-order valence-corrected chi connectivity index (χ1v) is 8.18. The summed E-state index contributed by atoms with van der Waals surface area (Å²) in [4.78, 5) is 23.7. The maximum Gasteiger partial charge on any atom is 0.352 e. The van der Waals surface area contributed by atoms with Crippen molar-refractivity contribution in [2.45, 2.75) is 26.4 Å². The molecule has 2 aromatic carbocycles. The first-order chi connectivity index (χ1) is 11.4. The first kappa shape index (κ1) is 18.0. The third-order valence-electron chi connectivity index (χ3n) is 3.38. The van der Waals surface area contributed by atoms with Gasteiger partial charge in [0.1, 0.15) is 17.1 Å². The van der Waals surface area contributed by atoms with Crippen LogP contribution in [0.2, 0.25) is 0 Å². The molecule has 0 saturated carbocycles. The van der Waals surface area contributed by atoms with E-state index in [4.69, 9.17) is 9.47 Å². The second-order valence-corrected chi connectivity index (χ2v) is 6.06. The average molecular weight is 393 g/mol. The second kappa shape index (κ2) is 7.97. The number of hydrogen-bond acceptors (Lipinski definition) is 4. The molecule has 6 heteroatoms. The Labute approximate surface area is 148 Å². The van der Waals surface area contributed by atoms with Gasteiger partial charge in [0.15, 0.2) is 6.10 Å². The van der Waals surface area contributed by atoms with Crippen molar-refractivity contribution in [1.29, 1.82) is 0 Å². The zero-order chi connectivity index (χ0) is 17.7. The number of benzene rings is 2. The van der Waals surface area contributed by atoms with Crippen LogP contribution in [-0.2, 0) is 4.79 Å². The zero-order valence-corrected chi connectivity index (χ0v) is 14.9. The van der Waals surface area contributed by atoms with Crippen LogP contribution in [0.25, 0.3) is 0 Å². The smallest absolute Gasteiger partial charge is 0.352 e. The summed E-state index contributed by atoms with van der Waals surface area (Å²) in [5.74, 6) is -1.23. The number of carboxylic acid groups (broad SMARTS) is 1. The topological polar surface area (TPSA) is 72.8 Å². The standard InChI is InChI=1S/C18H17BrO5/c1-3-14(23-15-7-5-4-6-11(15)2)18(22)24-16-9-8-12(19)10-13(16)17(20)21/h4-10,14H,3H2,1-2H3,(H,20,21). The van der Waals surface area contributed by atoms with Gasteiger partial charge in [-0.2, -0.15) is 0 Å². The molecule has 0 aliphatic carbocycles. The van der Waals surface area contributed by atoms with E-state index in [-0.39, 0.29) is 11.3 Å². The molecule has 0 aliphatic heterocycles. The van der Waals surface area contributed by atoms with Crippen molar-refractivity contribution in [3.8, 4) is 11.5 Å². The Morgan fingerprint density at radius 3 is 2.50 bits per heavy atom. The van der Waals surface area contributed by atoms with E-state index in [0.717, 1.165) is 5.56 Å². The minimum absolute atomic E-state index is 0.0115. The van der Waals surface area contributed by atoms with Crippen molar-refractivity contribution in [2.75, 3.05) is 0 Å². The summed E-state index contributed by atoms with van der Waals surface area (Å²) in [6.07, 6.45) is -0.428. The van der Waals surface area contributed by atoms with E-state index in [0.29, 0.717) is 16.6 Å². The SMILES string of the molecule is CCC(Oc1ccccc1C)C(=O)Oc1ccc(Br)cc1C(=O)O. The molecule has 0 radical (unpaired) electrons. The summed E-state index contributed by atoms with van der Waals surface area (Å²) < 4.78 is 11.6. The highest BCUT2D eigenvalue weighted by molar-refractivity contribution is 9.10. The van der Waals surface area contributed by atoms with E-state index in [1.165, 1.54) is 12.1 Å². The number of aryl methyl sites for hydroxylation is 1. The number of halogens is 1. The van der Waals surface area contributed by atoms with Crippen molar-refractivity contribution in [3.63, 3.8) is 0 Å². The van der Waals surface area contributed by atoms with Crippen molar-refractivity contribution >= 4 is 27.9 Å². The third kappa shape index (κ3) is 4.35. The number of hydrogen-bond donors (Lipinski definition) is 1. The molecule has 0 spiro atoms. The number of ether oxygens (including phenoxy) is 2. The molecule has 1 atom stereocenters. The van der Waals surface area contributed by atoms with Gasteiger partial charge < -0.3 is 14.6 Å². The number of carbonyl (C=O) groups excluding carboxylic acids is 1. The lowest BCUT2D eigenvalue weighted by Gasteiger charge is -2.18. The maximum absolute atomic E-state index is 12.4. The lowest BCUT2D eigenvalue weighted by molar-refractivity contribution is -0.142. The van der Waals surface area contributed by atoms with Crippen LogP contribution >= 0.6 is 15.9 Å². The summed E-state index contributed by atoms with van der Waals surface area (Å²) in [5.41, 5.74) is 0.807. The van der Waals surface area contributed by atoms with Gasteiger partial charge in [-0.3, -0.25) is 0 Å². The van der Waals surface area contributed by atoms with Crippen LogP contribution in [0.3, 0.4) is 0 Å². The summed E-state index contributed by atoms with van der Waals surface area (Å²) in [7, 11) is 0. The van der Waals surface area contributed by atoms with E-state index in [2.05, 4.69) is 15.9 Å². The quantitative estimate of drug-likeness (QED) is 0.588. The van der Waals surface area contributed by atoms with Crippen LogP contribution in [0.1, 0.15) is 29.3 Å². The van der Waals surface area contributed by atoms with E-state index in [1.807, 2.05) is 25.1 Å². The molecule has 0 aromatic heterocycles. The summed E-state index contributed by atoms with van der Waals surface area (Å²) in [5, 5.41) is 9.23. The predicted octanol–water partition coefficient (Wildman–Crippen LogP) is 4.22. The van der Waals surface area contributed by atoms with Crippen LogP contribution in [0.4, 0.5) is 0 Å². The number of rotatable bonds is 6. The van der Waals surface area contributed by atoms with Crippen LogP contribution in [0.15, 0.2) is 46.9 Å². The summed E-state index contributed by atoms with van der Waals surface area (Å²) in [6.45, 7) is 3.68. The molecule has 0 fully saturated rings. The van der Waals surface area contributed by atoms with Gasteiger partial charge in [0.2, 0.25) is 0 Å². The van der Waals surface area contributed by atoms with E-state index < -0.39 is 18.0 Å². The molecular weight excluding hydrogens is 376 g/mol. The van der Waals surface area contributed by atoms with E-state index >= 15 is 0 Å². The van der Waals surface area contributed by atoms with Crippen LogP contribution in [-0.4, -0.2) is 23.1 Å². The Balaban J connectivity index is 2.18. The molecule has 0 amide bonds. The van der Waals surface area contributed by atoms with E-state index in [1.54, 1.807) is 19.1 Å². The number of carboxylic acids is 1. The summed E-state index contributed by atoms with van der Waals surface area (Å²) in [6, 6.07) is 11.8. The Morgan fingerprint density at radius 1 is 1.17 bits per heavy atom. The lowest BCUT2D eigenvalue weighted by Crippen LogP contribution is -2.31. The van der Waals surface area contributed by atoms with Gasteiger partial charge in [0, 0.05) is 4.47 Å². The van der Waals surface area contributed by atoms with Gasteiger partial charge in [-0.1, -0.05) is 41.1 Å². The van der Waals surface area contributed by atoms with Crippen molar-refractivity contribution in [1.82, 2.24) is 0 Å². The number of aromatic carboxylic acids is 1. The lowest BCUT2D eigenvalue weighted by atomic mass is 10.2. The molecule has 0 saturated heterocycles. The van der Waals surface area contributed by atoms with Gasteiger partial charge >= 0.3 is 11.9 Å². The van der Waals surface area contributed by atoms with Crippen molar-refractivity contribution < 1.29 is 24.2 Å². The largest absolute Gasteiger partial charge is 0.478 e. The molecule has 24 heavy (non-hydrogen) atoms. The van der Waals surface area contributed by atoms with Crippen LogP contribution in [0, 0.1) is 6.92 Å². The van der Waals surface area contributed by atoms with E-state index in [9.17, 15) is 14.7 Å². The highest BCUT2D eigenvalue weighted by atomic mass is 79.9. The van der Waals surface area contributed by atoms with Crippen molar-refractivity contribution in [2.24, 2.45) is 0 Å². The zero-order valence-electron chi connectivity index (χ0n) is 13.3. The molecule has 0 aliphatic rings. The Hall–Kier alpha value is -2.34. The highest BCUT2D eigenvalue weighted by Crippen LogP contribution is 2.25.